The summed E-state index contributed by atoms with van der Waals surface area (Å²) < 4.78 is 40.9. The SMILES string of the molecule is CC(=O)C(=O)Oc1ccc(C(F)(F)F)cc1. The van der Waals surface area contributed by atoms with Crippen molar-refractivity contribution in [3.8, 4) is 5.75 Å². The molecule has 0 fully saturated rings. The van der Waals surface area contributed by atoms with Crippen molar-refractivity contribution in [2.24, 2.45) is 0 Å². The monoisotopic (exact) mass is 232 g/mol. The maximum Gasteiger partial charge on any atom is 0.416 e. The zero-order valence-corrected chi connectivity index (χ0v) is 8.17. The summed E-state index contributed by atoms with van der Waals surface area (Å²) in [6.45, 7) is 1.01. The van der Waals surface area contributed by atoms with Crippen LogP contribution in [0.25, 0.3) is 0 Å². The minimum Gasteiger partial charge on any atom is -0.421 e. The fourth-order valence-corrected chi connectivity index (χ4v) is 0.891. The molecule has 1 rings (SSSR count). The van der Waals surface area contributed by atoms with Gasteiger partial charge in [-0.25, -0.2) is 4.79 Å². The Hall–Kier alpha value is -1.85. The van der Waals surface area contributed by atoms with Gasteiger partial charge in [-0.2, -0.15) is 13.2 Å². The van der Waals surface area contributed by atoms with Crippen molar-refractivity contribution in [3.05, 3.63) is 29.8 Å². The second-order valence-corrected chi connectivity index (χ2v) is 2.97. The van der Waals surface area contributed by atoms with E-state index in [1.807, 2.05) is 0 Å². The van der Waals surface area contributed by atoms with E-state index in [0.717, 1.165) is 31.2 Å². The zero-order chi connectivity index (χ0) is 12.3. The molecule has 0 bridgehead atoms. The highest BCUT2D eigenvalue weighted by Crippen LogP contribution is 2.30. The lowest BCUT2D eigenvalue weighted by Gasteiger charge is -2.07. The van der Waals surface area contributed by atoms with Gasteiger partial charge in [-0.3, -0.25) is 4.79 Å². The van der Waals surface area contributed by atoms with Crippen molar-refractivity contribution in [2.75, 3.05) is 0 Å². The Morgan fingerprint density at radius 1 is 1.12 bits per heavy atom. The molecule has 0 aliphatic heterocycles. The third kappa shape index (κ3) is 3.08. The molecular formula is C10H7F3O3. The number of ether oxygens (including phenoxy) is 1. The number of alkyl halides is 3. The molecule has 0 heterocycles. The van der Waals surface area contributed by atoms with Gasteiger partial charge in [0, 0.05) is 6.92 Å². The summed E-state index contributed by atoms with van der Waals surface area (Å²) in [5.74, 6) is -2.03. The third-order valence-electron chi connectivity index (χ3n) is 1.68. The standard InChI is InChI=1S/C10H7F3O3/c1-6(14)9(15)16-8-4-2-7(3-5-8)10(11,12)13/h2-5H,1H3. The number of carbonyl (C=O) groups is 2. The Balaban J connectivity index is 2.80. The molecule has 6 heteroatoms. The van der Waals surface area contributed by atoms with E-state index in [1.165, 1.54) is 0 Å². The Morgan fingerprint density at radius 3 is 2.00 bits per heavy atom. The highest BCUT2D eigenvalue weighted by Gasteiger charge is 2.30. The van der Waals surface area contributed by atoms with Gasteiger partial charge in [0.15, 0.2) is 0 Å². The van der Waals surface area contributed by atoms with Crippen LogP contribution in [0.4, 0.5) is 13.2 Å². The summed E-state index contributed by atoms with van der Waals surface area (Å²) in [5, 5.41) is 0. The summed E-state index contributed by atoms with van der Waals surface area (Å²) in [7, 11) is 0. The minimum atomic E-state index is -4.44. The third-order valence-corrected chi connectivity index (χ3v) is 1.68. The summed E-state index contributed by atoms with van der Waals surface area (Å²) in [4.78, 5) is 21.3. The largest absolute Gasteiger partial charge is 0.421 e. The van der Waals surface area contributed by atoms with Crippen LogP contribution in [0.1, 0.15) is 12.5 Å². The van der Waals surface area contributed by atoms with Gasteiger partial charge in [0.25, 0.3) is 0 Å². The van der Waals surface area contributed by atoms with E-state index in [9.17, 15) is 22.8 Å². The number of esters is 1. The lowest BCUT2D eigenvalue weighted by Crippen LogP contribution is -2.16. The topological polar surface area (TPSA) is 43.4 Å². The second-order valence-electron chi connectivity index (χ2n) is 2.97. The first-order valence-corrected chi connectivity index (χ1v) is 4.20. The molecule has 0 saturated heterocycles. The van der Waals surface area contributed by atoms with Crippen molar-refractivity contribution < 1.29 is 27.5 Å². The number of benzene rings is 1. The highest BCUT2D eigenvalue weighted by atomic mass is 19.4. The molecule has 0 aliphatic rings. The van der Waals surface area contributed by atoms with E-state index in [1.54, 1.807) is 0 Å². The van der Waals surface area contributed by atoms with E-state index >= 15 is 0 Å². The Kier molecular flexibility index (Phi) is 3.31. The number of ketones is 1. The van der Waals surface area contributed by atoms with Crippen LogP contribution in [-0.2, 0) is 15.8 Å². The second kappa shape index (κ2) is 4.34. The van der Waals surface area contributed by atoms with Gasteiger partial charge in [-0.05, 0) is 24.3 Å². The van der Waals surface area contributed by atoms with Crippen LogP contribution in [0.15, 0.2) is 24.3 Å². The molecule has 0 aromatic heterocycles. The van der Waals surface area contributed by atoms with Crippen LogP contribution in [0, 0.1) is 0 Å². The molecule has 0 unspecified atom stereocenters. The highest BCUT2D eigenvalue weighted by molar-refractivity contribution is 6.33. The molecule has 0 radical (unpaired) electrons. The smallest absolute Gasteiger partial charge is 0.416 e. The van der Waals surface area contributed by atoms with Gasteiger partial charge in [0.05, 0.1) is 5.56 Å². The molecule has 0 spiro atoms. The van der Waals surface area contributed by atoms with Crippen molar-refractivity contribution >= 4 is 11.8 Å². The van der Waals surface area contributed by atoms with Crippen LogP contribution >= 0.6 is 0 Å². The molecule has 1 aromatic rings. The van der Waals surface area contributed by atoms with Crippen molar-refractivity contribution in [1.29, 1.82) is 0 Å². The quantitative estimate of drug-likeness (QED) is 0.446. The summed E-state index contributed by atoms with van der Waals surface area (Å²) in [5.41, 5.74) is -0.852. The van der Waals surface area contributed by atoms with Gasteiger partial charge in [0.2, 0.25) is 5.78 Å². The minimum absolute atomic E-state index is 0.104. The molecule has 0 N–H and O–H groups in total. The van der Waals surface area contributed by atoms with E-state index in [0.29, 0.717) is 0 Å². The van der Waals surface area contributed by atoms with E-state index in [-0.39, 0.29) is 5.75 Å². The van der Waals surface area contributed by atoms with E-state index < -0.39 is 23.5 Å². The fourth-order valence-electron chi connectivity index (χ4n) is 0.891. The lowest BCUT2D eigenvalue weighted by molar-refractivity contribution is -0.146. The predicted octanol–water partition coefficient (Wildman–Crippen LogP) is 2.20. The lowest BCUT2D eigenvalue weighted by atomic mass is 10.2. The van der Waals surface area contributed by atoms with Gasteiger partial charge < -0.3 is 4.74 Å². The maximum atomic E-state index is 12.1. The Bertz CT molecular complexity index is 406. The van der Waals surface area contributed by atoms with Crippen molar-refractivity contribution in [2.45, 2.75) is 13.1 Å². The van der Waals surface area contributed by atoms with E-state index in [2.05, 4.69) is 4.74 Å². The first kappa shape index (κ1) is 12.2. The normalized spacial score (nSPS) is 11.0. The van der Waals surface area contributed by atoms with Crippen LogP contribution in [-0.4, -0.2) is 11.8 Å². The number of hydrogen-bond donors (Lipinski definition) is 0. The van der Waals surface area contributed by atoms with Crippen LogP contribution in [0.5, 0.6) is 5.75 Å². The van der Waals surface area contributed by atoms with Gasteiger partial charge >= 0.3 is 12.1 Å². The molecular weight excluding hydrogens is 225 g/mol. The zero-order valence-electron chi connectivity index (χ0n) is 8.17. The van der Waals surface area contributed by atoms with E-state index in [4.69, 9.17) is 0 Å². The average molecular weight is 232 g/mol. The number of rotatable bonds is 2. The van der Waals surface area contributed by atoms with Gasteiger partial charge in [-0.1, -0.05) is 0 Å². The van der Waals surface area contributed by atoms with Crippen LogP contribution < -0.4 is 4.74 Å². The molecule has 3 nitrogen and oxygen atoms in total. The van der Waals surface area contributed by atoms with Crippen LogP contribution in [0.2, 0.25) is 0 Å². The first-order valence-electron chi connectivity index (χ1n) is 4.20. The summed E-state index contributed by atoms with van der Waals surface area (Å²) >= 11 is 0. The first-order chi connectivity index (χ1) is 7.30. The molecule has 16 heavy (non-hydrogen) atoms. The molecule has 0 atom stereocenters. The van der Waals surface area contributed by atoms with Gasteiger partial charge in [0.1, 0.15) is 5.75 Å². The number of halogens is 3. The average Bonchev–Trinajstić information content (AvgIpc) is 2.17. The van der Waals surface area contributed by atoms with Crippen molar-refractivity contribution in [1.82, 2.24) is 0 Å². The fraction of sp³-hybridized carbons (Fsp3) is 0.200. The Labute approximate surface area is 88.8 Å². The maximum absolute atomic E-state index is 12.1. The molecule has 0 amide bonds. The Morgan fingerprint density at radius 2 is 1.62 bits per heavy atom. The van der Waals surface area contributed by atoms with Crippen molar-refractivity contribution in [3.63, 3.8) is 0 Å². The summed E-state index contributed by atoms with van der Waals surface area (Å²) in [6, 6.07) is 3.48. The predicted molar refractivity (Wildman–Crippen MR) is 47.8 cm³/mol. The number of Topliss-reactive ketones (excluding diaryl/α,β-unsaturated/α-hetero) is 1. The molecule has 0 saturated carbocycles. The summed E-state index contributed by atoms with van der Waals surface area (Å²) in [6.07, 6.45) is -4.44. The van der Waals surface area contributed by atoms with Gasteiger partial charge in [-0.15, -0.1) is 0 Å². The number of carbonyl (C=O) groups excluding carboxylic acids is 2. The molecule has 0 aliphatic carbocycles. The van der Waals surface area contributed by atoms with Crippen LogP contribution in [0.3, 0.4) is 0 Å². The number of hydrogen-bond acceptors (Lipinski definition) is 3. The molecule has 1 aromatic carbocycles. The molecule has 86 valence electrons.